The number of carbonyl (C=O) groups excluding carboxylic acids is 4. The van der Waals surface area contributed by atoms with Crippen LogP contribution in [0, 0.1) is 27.7 Å². The predicted octanol–water partition coefficient (Wildman–Crippen LogP) is 13.6. The monoisotopic (exact) mass is 1530 g/mol. The number of aryl methyl sites for hydroxylation is 4. The first kappa shape index (κ1) is 56.2. The van der Waals surface area contributed by atoms with Gasteiger partial charge in [-0.3, -0.25) is 19.2 Å². The van der Waals surface area contributed by atoms with Gasteiger partial charge in [-0.15, -0.1) is 0 Å². The summed E-state index contributed by atoms with van der Waals surface area (Å²) >= 11 is 0. The topological polar surface area (TPSA) is 179 Å². The normalized spacial score (nSPS) is 27.4. The molecule has 8 aromatic rings. The zero-order valence-electron chi connectivity index (χ0n) is 81.6. The summed E-state index contributed by atoms with van der Waals surface area (Å²) in [6, 6.07) is 51.6. The highest BCUT2D eigenvalue weighted by Gasteiger charge is 2.49. The summed E-state index contributed by atoms with van der Waals surface area (Å²) in [5.74, 6) is 0.402. The number of ether oxygens (including phenoxy) is 4. The van der Waals surface area contributed by atoms with Crippen molar-refractivity contribution in [3.8, 4) is 23.0 Å². The maximum atomic E-state index is 12.5. The molecule has 0 saturated carbocycles. The number of carbonyl (C=O) groups is 4. The maximum Gasteiger partial charge on any atom is 0.243 e. The zero-order chi connectivity index (χ0) is 92.5. The van der Waals surface area contributed by atoms with Crippen molar-refractivity contribution >= 4 is 69.1 Å². The third-order valence-electron chi connectivity index (χ3n) is 23.5. The van der Waals surface area contributed by atoms with Crippen LogP contribution in [0.25, 0.3) is 0 Å². The van der Waals surface area contributed by atoms with E-state index in [1.54, 1.807) is 53.4 Å². The van der Waals surface area contributed by atoms with Gasteiger partial charge in [-0.25, -0.2) is 0 Å². The van der Waals surface area contributed by atoms with Crippen LogP contribution in [-0.2, 0) is 19.2 Å². The molecule has 0 aliphatic carbocycles. The molecule has 12 aliphatic heterocycles. The molecule has 112 heavy (non-hydrogen) atoms. The molecule has 4 fully saturated rings. The van der Waals surface area contributed by atoms with Crippen molar-refractivity contribution < 1.29 is 62.8 Å². The van der Waals surface area contributed by atoms with Crippen LogP contribution in [0.2, 0.25) is 0 Å². The third kappa shape index (κ3) is 16.2. The molecule has 8 atom stereocenters. The summed E-state index contributed by atoms with van der Waals surface area (Å²) in [5.41, 5.74) is 14.9. The highest BCUT2D eigenvalue weighted by molar-refractivity contribution is 6.06. The molecule has 12 aliphatic rings. The first-order valence-corrected chi connectivity index (χ1v) is 39.2. The average Bonchev–Trinajstić information content (AvgIpc) is 1.58. The smallest absolute Gasteiger partial charge is 0.243 e. The fraction of sp³-hybridized carbons (Fsp3) is 0.435. The van der Waals surface area contributed by atoms with Crippen LogP contribution in [0.4, 0.5) is 45.5 Å². The molecule has 0 bridgehead atoms. The molecular formula is C92H108N12O8. The highest BCUT2D eigenvalue weighted by Crippen LogP contribution is 2.54. The van der Waals surface area contributed by atoms with Crippen molar-refractivity contribution in [2.45, 2.75) is 127 Å². The summed E-state index contributed by atoms with van der Waals surface area (Å²) < 4.78 is 175. The molecule has 8 aromatic carbocycles. The summed E-state index contributed by atoms with van der Waals surface area (Å²) in [4.78, 5) is 64.2. The second kappa shape index (κ2) is 33.3. The lowest BCUT2D eigenvalue weighted by molar-refractivity contribution is -0.116. The van der Waals surface area contributed by atoms with Crippen LogP contribution in [-0.4, -0.2) is 198 Å². The van der Waals surface area contributed by atoms with E-state index in [9.17, 15) is 19.2 Å². The van der Waals surface area contributed by atoms with Crippen LogP contribution in [0.1, 0.15) is 144 Å². The standard InChI is InChI=1S/4C23H27N3O2/c4*1-16-6-8-17(9-7-16)28-13-3-11-25-12-10-21-19(14-25)18-4-2-5-20-23(18)26(21)15-22(27)24-20/h4*2,4-9,19,21H,3,10-15H2,1H3,(H,24,27)/t4*19-,21-/m0000/s1/i3D2,11D2,13D2,15D2;3D2,11D2,13D2;15D2;13D2. The van der Waals surface area contributed by atoms with E-state index in [1.165, 1.54) is 43.6 Å². The fourth-order valence-electron chi connectivity index (χ4n) is 18.3. The first-order chi connectivity index (χ1) is 61.4. The molecule has 4 saturated heterocycles. The Balaban J connectivity index is 0.000000122. The molecule has 12 heterocycles. The minimum atomic E-state index is -3.07. The van der Waals surface area contributed by atoms with Crippen LogP contribution in [0.15, 0.2) is 170 Å². The molecular weight excluding hydrogens is 1400 g/mol. The number of rotatable bonds is 20. The lowest BCUT2D eigenvalue weighted by atomic mass is 9.89. The number of piperidine rings is 4. The van der Waals surface area contributed by atoms with E-state index in [-0.39, 0.29) is 86.4 Å². The number of hydrogen-bond donors (Lipinski definition) is 4. The minimum absolute atomic E-state index is 0.0145. The van der Waals surface area contributed by atoms with E-state index in [2.05, 4.69) is 72.1 Å². The highest BCUT2D eigenvalue weighted by atomic mass is 16.5. The van der Waals surface area contributed by atoms with Crippen LogP contribution < -0.4 is 59.8 Å². The van der Waals surface area contributed by atoms with Gasteiger partial charge in [0.2, 0.25) is 23.6 Å². The van der Waals surface area contributed by atoms with Crippen LogP contribution in [0.5, 0.6) is 23.0 Å². The van der Waals surface area contributed by atoms with Gasteiger partial charge in [-0.1, -0.05) is 119 Å². The van der Waals surface area contributed by atoms with Gasteiger partial charge in [0.25, 0.3) is 0 Å². The average molecular weight is 1530 g/mol. The number of nitrogens with one attached hydrogen (secondary N) is 4. The molecule has 0 unspecified atom stereocenters. The molecule has 4 N–H and O–H groups in total. The van der Waals surface area contributed by atoms with Gasteiger partial charge >= 0.3 is 0 Å². The second-order valence-electron chi connectivity index (χ2n) is 30.9. The SMILES string of the molecule is [2H]C([2H])(CCN1CC[C@H]2[C@@H](C1)c1cccc3c1N2CC(=O)N3)Oc1ccc(C)cc1.[2H]C([2H])(Oc1ccc(C)cc1)C([2H])([2H])C([2H])([2H])N1CC[C@H]2[C@@H](C1)c1cccc3c1N2CC(=O)N3.[2H]C1([2H])C(=O)Nc2cccc3c2N1[C@H]1CCN(C([2H])([2H])C([2H])([2H])C([2H])([2H])Oc2ccc(C)cc2)C[C@@H]31.[2H]C1([2H])C(=O)Nc2cccc3c2N1[C@H]1CCN(CCCOc2ccc(C)cc2)C[C@@H]31. The number of likely N-dealkylation sites (tertiary alicyclic amines) is 4. The molecule has 4 amide bonds. The van der Waals surface area contributed by atoms with Crippen molar-refractivity contribution in [2.75, 3.05) is 172 Å². The Labute approximate surface area is 685 Å². The third-order valence-corrected chi connectivity index (χ3v) is 23.5. The minimum Gasteiger partial charge on any atom is -0.494 e. The fourth-order valence-corrected chi connectivity index (χ4v) is 18.3. The summed E-state index contributed by atoms with van der Waals surface area (Å²) in [5, 5.41) is 11.3. The molecule has 20 nitrogen and oxygen atoms in total. The lowest BCUT2D eigenvalue weighted by Crippen LogP contribution is -2.49. The maximum absolute atomic E-state index is 12.5. The Hall–Kier alpha value is -10.1. The van der Waals surface area contributed by atoms with E-state index >= 15 is 0 Å². The Morgan fingerprint density at radius 2 is 0.661 bits per heavy atom. The summed E-state index contributed by atoms with van der Waals surface area (Å²) in [6.45, 7) is -2.49. The Morgan fingerprint density at radius 3 is 1.04 bits per heavy atom. The van der Waals surface area contributed by atoms with Crippen LogP contribution >= 0.6 is 0 Å². The van der Waals surface area contributed by atoms with E-state index in [0.717, 1.165) is 120 Å². The van der Waals surface area contributed by atoms with Gasteiger partial charge in [0, 0.05) is 137 Å². The van der Waals surface area contributed by atoms with E-state index in [4.69, 9.17) is 43.6 Å². The number of anilines is 8. The van der Waals surface area contributed by atoms with Gasteiger partial charge in [0.1, 0.15) is 23.0 Å². The van der Waals surface area contributed by atoms with E-state index in [0.29, 0.717) is 61.6 Å². The molecule has 584 valence electrons. The van der Waals surface area contributed by atoms with E-state index < -0.39 is 82.2 Å². The van der Waals surface area contributed by atoms with Crippen molar-refractivity contribution in [3.05, 3.63) is 214 Å². The quantitative estimate of drug-likeness (QED) is 0.0529. The van der Waals surface area contributed by atoms with Crippen LogP contribution in [0.3, 0.4) is 0 Å². The predicted molar refractivity (Wildman–Crippen MR) is 445 cm³/mol. The Morgan fingerprint density at radius 1 is 0.357 bits per heavy atom. The number of para-hydroxylation sites is 4. The van der Waals surface area contributed by atoms with Crippen molar-refractivity contribution in [1.82, 2.24) is 19.6 Å². The molecule has 20 rings (SSSR count). The number of fused-ring (bicyclic) bond motifs is 12. The van der Waals surface area contributed by atoms with Crippen molar-refractivity contribution in [1.29, 1.82) is 0 Å². The largest absolute Gasteiger partial charge is 0.494 e. The first-order valence-electron chi connectivity index (χ1n) is 48.2. The number of amides is 4. The van der Waals surface area contributed by atoms with Gasteiger partial charge in [0.05, 0.1) is 112 Å². The van der Waals surface area contributed by atoms with Crippen molar-refractivity contribution in [2.24, 2.45) is 0 Å². The molecule has 0 radical (unpaired) electrons. The second-order valence-corrected chi connectivity index (χ2v) is 30.9. The van der Waals surface area contributed by atoms with Gasteiger partial charge in [-0.05, 0) is 174 Å². The van der Waals surface area contributed by atoms with Gasteiger partial charge in [-0.2, -0.15) is 0 Å². The Kier molecular flexibility index (Phi) is 16.7. The Bertz CT molecular complexity index is 5610. The summed E-state index contributed by atoms with van der Waals surface area (Å²) in [6.07, 6.45) is -2.16. The van der Waals surface area contributed by atoms with E-state index in [1.807, 2.05) is 106 Å². The molecule has 0 aromatic heterocycles. The number of hydrogen-bond acceptors (Lipinski definition) is 16. The molecule has 0 spiro atoms. The lowest BCUT2D eigenvalue weighted by Gasteiger charge is -2.39. The van der Waals surface area contributed by atoms with Gasteiger partial charge in [0.15, 0.2) is 0 Å². The number of nitrogens with zero attached hydrogens (tertiary/aromatic N) is 8. The molecule has 20 heteroatoms. The van der Waals surface area contributed by atoms with Crippen molar-refractivity contribution in [3.63, 3.8) is 0 Å². The summed E-state index contributed by atoms with van der Waals surface area (Å²) in [7, 11) is 0. The zero-order valence-corrected chi connectivity index (χ0v) is 63.6. The number of benzene rings is 8. The van der Waals surface area contributed by atoms with Gasteiger partial charge < -0.3 is 79.4 Å².